The summed E-state index contributed by atoms with van der Waals surface area (Å²) in [5, 5.41) is 19.1. The molecular weight excluding hydrogens is 885 g/mol. The number of piperidine rings is 6. The molecule has 6 aliphatic heterocycles. The van der Waals surface area contributed by atoms with E-state index in [4.69, 9.17) is 34.4 Å². The van der Waals surface area contributed by atoms with Crippen LogP contribution in [-0.2, 0) is 0 Å². The van der Waals surface area contributed by atoms with E-state index in [9.17, 15) is 10.2 Å². The lowest BCUT2D eigenvalue weighted by molar-refractivity contribution is -0.0160. The Bertz CT molecular complexity index is 1330. The summed E-state index contributed by atoms with van der Waals surface area (Å²) in [6, 6.07) is 1.41. The van der Waals surface area contributed by atoms with Gasteiger partial charge in [0.15, 0.2) is 0 Å². The van der Waals surface area contributed by atoms with Crippen molar-refractivity contribution >= 4 is 0 Å². The van der Waals surface area contributed by atoms with Crippen molar-refractivity contribution in [1.82, 2.24) is 29.4 Å². The van der Waals surface area contributed by atoms with Crippen LogP contribution in [0.15, 0.2) is 0 Å². The van der Waals surface area contributed by atoms with Gasteiger partial charge in [-0.05, 0) is 200 Å². The van der Waals surface area contributed by atoms with E-state index in [1.807, 2.05) is 0 Å². The standard InChI is InChI=1S/C10H22N2O.2C10H22N2.C9H20N2O.2C9H20N2/c1-7-5-12(10(2,3)4)6-8(11)9(7)13;2*1-8-5-9(11)7-12(6-8)10(2,3)4;1-9(2,3)11-5-4-8(12)7(10)6-11;2*1-9(2,3)11-6-4-5-8(10)7-11/h7-9,13H,5-6,11H2,1-4H3;2*8-9H,5-7,11H2,1-4H3;7-8,12H,4-6,10H2,1-3H3;2*8H,4-7,10H2,1-3H3/t;;;;8-;/m....0./s1. The fraction of sp³-hybridized carbons (Fsp3) is 1.00. The molecule has 14 nitrogen and oxygen atoms in total. The summed E-state index contributed by atoms with van der Waals surface area (Å²) in [6.07, 6.45) is 7.47. The van der Waals surface area contributed by atoms with Gasteiger partial charge >= 0.3 is 0 Å². The number of aliphatic hydroxyl groups is 2. The first-order chi connectivity index (χ1) is 32.0. The third kappa shape index (κ3) is 26.9. The molecule has 6 fully saturated rings. The van der Waals surface area contributed by atoms with E-state index < -0.39 is 0 Å². The minimum Gasteiger partial charge on any atom is -0.391 e. The number of nitrogens with two attached hydrogens (primary N) is 6. The Morgan fingerprint density at radius 1 is 0.338 bits per heavy atom. The van der Waals surface area contributed by atoms with Crippen molar-refractivity contribution in [2.75, 3.05) is 78.5 Å². The summed E-state index contributed by atoms with van der Waals surface area (Å²) in [6.45, 7) is 59.5. The zero-order chi connectivity index (χ0) is 55.2. The zero-order valence-corrected chi connectivity index (χ0v) is 50.8. The lowest BCUT2D eigenvalue weighted by Crippen LogP contribution is -2.60. The Morgan fingerprint density at radius 3 is 0.901 bits per heavy atom. The second-order valence-electron chi connectivity index (χ2n) is 29.2. The van der Waals surface area contributed by atoms with Crippen LogP contribution in [0.1, 0.15) is 190 Å². The van der Waals surface area contributed by atoms with Gasteiger partial charge in [-0.25, -0.2) is 0 Å². The predicted molar refractivity (Wildman–Crippen MR) is 308 cm³/mol. The minimum absolute atomic E-state index is 0.0713. The summed E-state index contributed by atoms with van der Waals surface area (Å²) in [7, 11) is 0. The fourth-order valence-electron chi connectivity index (χ4n) is 10.6. The van der Waals surface area contributed by atoms with Crippen LogP contribution in [0.4, 0.5) is 0 Å². The van der Waals surface area contributed by atoms with Crippen LogP contribution in [-0.4, -0.2) is 200 Å². The monoisotopic (exact) mass is 1010 g/mol. The number of hydrogen-bond acceptors (Lipinski definition) is 14. The molecular formula is C57H126N12O2. The molecule has 10 unspecified atom stereocenters. The van der Waals surface area contributed by atoms with Crippen molar-refractivity contribution in [3.8, 4) is 0 Å². The maximum Gasteiger partial charge on any atom is 0.0741 e. The largest absolute Gasteiger partial charge is 0.391 e. The molecule has 6 aliphatic rings. The minimum atomic E-state index is -0.335. The van der Waals surface area contributed by atoms with E-state index >= 15 is 0 Å². The molecule has 0 aromatic carbocycles. The van der Waals surface area contributed by atoms with Gasteiger partial charge in [-0.1, -0.05) is 20.8 Å². The Kier molecular flexibility index (Phi) is 28.2. The Labute approximate surface area is 440 Å². The predicted octanol–water partition coefficient (Wildman–Crippen LogP) is 5.93. The van der Waals surface area contributed by atoms with Crippen LogP contribution < -0.4 is 34.4 Å². The average Bonchev–Trinajstić information content (AvgIpc) is 3.19. The molecule has 6 saturated heterocycles. The van der Waals surface area contributed by atoms with Gasteiger partial charge in [0.2, 0.25) is 0 Å². The molecule has 71 heavy (non-hydrogen) atoms. The molecule has 0 saturated carbocycles. The third-order valence-electron chi connectivity index (χ3n) is 15.6. The quantitative estimate of drug-likeness (QED) is 0.141. The summed E-state index contributed by atoms with van der Waals surface area (Å²) < 4.78 is 0. The third-order valence-corrected chi connectivity index (χ3v) is 15.6. The van der Waals surface area contributed by atoms with Crippen molar-refractivity contribution < 1.29 is 10.2 Å². The van der Waals surface area contributed by atoms with Crippen LogP contribution in [0.25, 0.3) is 0 Å². The molecule has 426 valence electrons. The van der Waals surface area contributed by atoms with Crippen molar-refractivity contribution in [3.63, 3.8) is 0 Å². The molecule has 14 heteroatoms. The molecule has 0 radical (unpaired) electrons. The lowest BCUT2D eigenvalue weighted by atomic mass is 9.89. The van der Waals surface area contributed by atoms with Crippen LogP contribution in [0.2, 0.25) is 0 Å². The maximum atomic E-state index is 9.68. The highest BCUT2D eigenvalue weighted by Crippen LogP contribution is 2.26. The van der Waals surface area contributed by atoms with Crippen molar-refractivity contribution in [1.29, 1.82) is 0 Å². The Morgan fingerprint density at radius 2 is 0.634 bits per heavy atom. The van der Waals surface area contributed by atoms with Crippen molar-refractivity contribution in [3.05, 3.63) is 0 Å². The molecule has 11 atom stereocenters. The van der Waals surface area contributed by atoms with E-state index in [1.165, 1.54) is 64.7 Å². The SMILES string of the molecule is CC(C)(C)N1CCC(O)C(N)C1.CC(C)(C)N1CCCC(N)C1.CC(C)(C)N1CCC[C@H](N)C1.CC1CC(N)CN(C(C)(C)C)C1.CC1CC(N)CN(C(C)(C)C)C1.CC1CN(C(C)(C)C)CC(N)C1O. The summed E-state index contributed by atoms with van der Waals surface area (Å²) in [5.74, 6) is 1.80. The topological polar surface area (TPSA) is 216 Å². The molecule has 0 aromatic rings. The summed E-state index contributed by atoms with van der Waals surface area (Å²) in [5.41, 5.74) is 36.9. The van der Waals surface area contributed by atoms with Gasteiger partial charge in [0.05, 0.1) is 12.2 Å². The first-order valence-electron chi connectivity index (χ1n) is 28.4. The molecule has 0 spiro atoms. The molecule has 0 bridgehead atoms. The van der Waals surface area contributed by atoms with Gasteiger partial charge in [-0.15, -0.1) is 0 Å². The normalized spacial score (nSPS) is 33.0. The van der Waals surface area contributed by atoms with Crippen LogP contribution >= 0.6 is 0 Å². The summed E-state index contributed by atoms with van der Waals surface area (Å²) in [4.78, 5) is 14.6. The highest BCUT2D eigenvalue weighted by atomic mass is 16.3. The number of rotatable bonds is 0. The van der Waals surface area contributed by atoms with Gasteiger partial charge in [-0.3, -0.25) is 29.4 Å². The number of nitrogens with zero attached hydrogens (tertiary/aromatic N) is 6. The molecule has 0 aromatic heterocycles. The van der Waals surface area contributed by atoms with Crippen LogP contribution in [0, 0.1) is 17.8 Å². The average molecular weight is 1010 g/mol. The smallest absolute Gasteiger partial charge is 0.0741 e. The first-order valence-corrected chi connectivity index (χ1v) is 28.4. The number of likely N-dealkylation sites (tertiary alicyclic amines) is 6. The van der Waals surface area contributed by atoms with Gasteiger partial charge in [0.1, 0.15) is 0 Å². The highest BCUT2D eigenvalue weighted by Gasteiger charge is 2.36. The lowest BCUT2D eigenvalue weighted by Gasteiger charge is -2.45. The molecule has 14 N–H and O–H groups in total. The highest BCUT2D eigenvalue weighted by molar-refractivity contribution is 4.93. The van der Waals surface area contributed by atoms with Crippen molar-refractivity contribution in [2.45, 2.75) is 272 Å². The van der Waals surface area contributed by atoms with Crippen LogP contribution in [0.5, 0.6) is 0 Å². The zero-order valence-electron chi connectivity index (χ0n) is 50.8. The first kappa shape index (κ1) is 68.5. The second-order valence-corrected chi connectivity index (χ2v) is 29.2. The number of hydrogen-bond donors (Lipinski definition) is 8. The molecule has 0 aliphatic carbocycles. The van der Waals surface area contributed by atoms with Gasteiger partial charge in [-0.2, -0.15) is 0 Å². The van der Waals surface area contributed by atoms with Crippen LogP contribution in [0.3, 0.4) is 0 Å². The molecule has 6 heterocycles. The van der Waals surface area contributed by atoms with E-state index in [1.54, 1.807) is 0 Å². The van der Waals surface area contributed by atoms with Crippen molar-refractivity contribution in [2.24, 2.45) is 52.2 Å². The van der Waals surface area contributed by atoms with Gasteiger partial charge < -0.3 is 44.6 Å². The van der Waals surface area contributed by atoms with E-state index in [2.05, 4.69) is 175 Å². The molecule has 6 rings (SSSR count). The van der Waals surface area contributed by atoms with Gasteiger partial charge in [0.25, 0.3) is 0 Å². The molecule has 0 amide bonds. The van der Waals surface area contributed by atoms with E-state index in [-0.39, 0.29) is 52.4 Å². The maximum absolute atomic E-state index is 9.68. The fourth-order valence-corrected chi connectivity index (χ4v) is 10.6. The Hall–Kier alpha value is -0.560. The van der Waals surface area contributed by atoms with Gasteiger partial charge in [0, 0.05) is 135 Å². The van der Waals surface area contributed by atoms with E-state index in [0.29, 0.717) is 35.2 Å². The van der Waals surface area contributed by atoms with E-state index in [0.717, 1.165) is 70.6 Å². The second kappa shape index (κ2) is 29.3. The summed E-state index contributed by atoms with van der Waals surface area (Å²) >= 11 is 0. The number of aliphatic hydroxyl groups excluding tert-OH is 2. The Balaban J connectivity index is 0.000000426.